The average molecular weight is 692 g/mol. The molecule has 0 spiro atoms. The van der Waals surface area contributed by atoms with Crippen LogP contribution >= 0.6 is 0 Å². The van der Waals surface area contributed by atoms with Crippen molar-refractivity contribution >= 4 is 24.2 Å². The van der Waals surface area contributed by atoms with Crippen LogP contribution in [-0.2, 0) is 32.1 Å². The van der Waals surface area contributed by atoms with Crippen LogP contribution in [0.25, 0.3) is 16.9 Å². The normalized spacial score (nSPS) is 24.1. The molecule has 2 aromatic carbocycles. The molecule has 4 aromatic rings. The quantitative estimate of drug-likeness (QED) is 0.259. The molecule has 12 nitrogen and oxygen atoms in total. The van der Waals surface area contributed by atoms with Gasteiger partial charge in [0.05, 0.1) is 11.4 Å². The minimum absolute atomic E-state index is 0.0110. The summed E-state index contributed by atoms with van der Waals surface area (Å²) in [7, 11) is 0. The molecule has 0 unspecified atom stereocenters. The van der Waals surface area contributed by atoms with Gasteiger partial charge in [0, 0.05) is 74.8 Å². The number of amides is 3. The third-order valence-corrected chi connectivity index (χ3v) is 10.1. The van der Waals surface area contributed by atoms with Crippen LogP contribution in [0.5, 0.6) is 0 Å². The zero-order valence-corrected chi connectivity index (χ0v) is 28.8. The number of carbonyl (C=O) groups is 4. The van der Waals surface area contributed by atoms with Gasteiger partial charge in [0.1, 0.15) is 12.1 Å². The summed E-state index contributed by atoms with van der Waals surface area (Å²) < 4.78 is 1.95. The Balaban J connectivity index is 0.00000144. The van der Waals surface area contributed by atoms with E-state index in [1.54, 1.807) is 19.3 Å². The first kappa shape index (κ1) is 35.5. The van der Waals surface area contributed by atoms with E-state index in [0.29, 0.717) is 31.7 Å². The van der Waals surface area contributed by atoms with Crippen molar-refractivity contribution in [3.8, 4) is 16.9 Å². The van der Waals surface area contributed by atoms with Crippen LogP contribution in [0.15, 0.2) is 91.4 Å². The number of fused-ring (bicyclic) bond motifs is 4. The first-order valence-electron chi connectivity index (χ1n) is 17.6. The van der Waals surface area contributed by atoms with Crippen LogP contribution in [-0.4, -0.2) is 91.6 Å². The highest BCUT2D eigenvalue weighted by Crippen LogP contribution is 2.37. The van der Waals surface area contributed by atoms with E-state index in [1.807, 2.05) is 65.3 Å². The molecule has 0 radical (unpaired) electrons. The highest BCUT2D eigenvalue weighted by atomic mass is 16.3. The zero-order valence-electron chi connectivity index (χ0n) is 28.8. The van der Waals surface area contributed by atoms with E-state index >= 15 is 0 Å². The SMILES string of the molecule is C[C@H]1NC(=O)CCC[C@H]2[C@@H]3C[C@@H](CN(Cc4cn(-c5ccccc5)nc4-c4ccncc4)C3)CN2C(=O)[C@H](Cc2ccccc2)NC1=O.O=CO. The number of likely N-dealkylation sites (tertiary alicyclic amines) is 1. The van der Waals surface area contributed by atoms with Gasteiger partial charge in [0.15, 0.2) is 0 Å². The number of carboxylic acid groups (broad SMARTS) is 1. The lowest BCUT2D eigenvalue weighted by Crippen LogP contribution is -2.63. The molecule has 0 saturated carbocycles. The van der Waals surface area contributed by atoms with Gasteiger partial charge in [0.25, 0.3) is 6.47 Å². The van der Waals surface area contributed by atoms with Gasteiger partial charge in [-0.3, -0.25) is 29.1 Å². The number of nitrogens with one attached hydrogen (secondary N) is 2. The predicted molar refractivity (Wildman–Crippen MR) is 191 cm³/mol. The summed E-state index contributed by atoms with van der Waals surface area (Å²) in [5, 5.41) is 17.8. The van der Waals surface area contributed by atoms with Gasteiger partial charge in [-0.15, -0.1) is 0 Å². The lowest BCUT2D eigenvalue weighted by Gasteiger charge is -2.51. The van der Waals surface area contributed by atoms with Crippen LogP contribution in [0.3, 0.4) is 0 Å². The number of piperidine rings is 2. The summed E-state index contributed by atoms with van der Waals surface area (Å²) in [4.78, 5) is 57.6. The zero-order chi connectivity index (χ0) is 35.7. The molecule has 5 heterocycles. The van der Waals surface area contributed by atoms with Gasteiger partial charge in [-0.05, 0) is 67.9 Å². The molecule has 7 rings (SSSR count). The predicted octanol–water partition coefficient (Wildman–Crippen LogP) is 3.70. The van der Waals surface area contributed by atoms with E-state index < -0.39 is 12.1 Å². The van der Waals surface area contributed by atoms with Crippen molar-refractivity contribution < 1.29 is 24.3 Å². The Labute approximate surface area is 297 Å². The van der Waals surface area contributed by atoms with Gasteiger partial charge < -0.3 is 20.6 Å². The number of hydrogen-bond acceptors (Lipinski definition) is 7. The molecule has 12 heteroatoms. The Morgan fingerprint density at radius 2 is 1.63 bits per heavy atom. The molecule has 0 aliphatic carbocycles. The van der Waals surface area contributed by atoms with E-state index in [1.165, 1.54) is 0 Å². The Bertz CT molecular complexity index is 1790. The number of carbonyl (C=O) groups excluding carboxylic acids is 3. The van der Waals surface area contributed by atoms with Gasteiger partial charge >= 0.3 is 0 Å². The number of rotatable bonds is 6. The van der Waals surface area contributed by atoms with Crippen molar-refractivity contribution in [2.24, 2.45) is 11.8 Å². The van der Waals surface area contributed by atoms with Crippen LogP contribution in [0.4, 0.5) is 0 Å². The molecular formula is C39H45N7O5. The number of pyridine rings is 1. The standard InChI is InChI=1S/C38H43N7O3.CH2O2/c1-26-37(47)41-33(20-27-9-4-2-5-10-27)38(48)44-22-28-19-30(34(44)13-8-14-35(46)40-26)23-43(21-28)24-31-25-45(32-11-6-3-7-12-32)42-36(31)29-15-17-39-18-16-29;2-1-3/h2-7,9-12,15-18,25-26,28,30,33-34H,8,13-14,19-24H2,1H3,(H,40,46)(H,41,47);1H,(H,2,3)/t26-,28+,30-,33+,34+;/m1./s1. The third kappa shape index (κ3) is 8.69. The number of nitrogens with zero attached hydrogens (tertiary/aromatic N) is 5. The minimum atomic E-state index is -0.712. The molecule has 3 N–H and O–H groups in total. The molecule has 3 saturated heterocycles. The van der Waals surface area contributed by atoms with Crippen molar-refractivity contribution in [2.75, 3.05) is 19.6 Å². The Morgan fingerprint density at radius 3 is 2.35 bits per heavy atom. The second-order valence-electron chi connectivity index (χ2n) is 13.7. The van der Waals surface area contributed by atoms with Gasteiger partial charge in [-0.1, -0.05) is 48.5 Å². The summed E-state index contributed by atoms with van der Waals surface area (Å²) >= 11 is 0. The van der Waals surface area contributed by atoms with Crippen LogP contribution in [0.1, 0.15) is 43.7 Å². The number of hydrogen-bond donors (Lipinski definition) is 3. The van der Waals surface area contributed by atoms with E-state index in [-0.39, 0.29) is 36.2 Å². The molecular weight excluding hydrogens is 646 g/mol. The van der Waals surface area contributed by atoms with Crippen LogP contribution in [0.2, 0.25) is 0 Å². The first-order valence-corrected chi connectivity index (χ1v) is 17.6. The summed E-state index contributed by atoms with van der Waals surface area (Å²) in [6.07, 6.45) is 8.93. The molecule has 5 atom stereocenters. The number of aromatic nitrogens is 3. The second kappa shape index (κ2) is 16.6. The Hall–Kier alpha value is -5.36. The summed E-state index contributed by atoms with van der Waals surface area (Å²) in [5.41, 5.74) is 5.11. The number of benzene rings is 2. The fourth-order valence-electron chi connectivity index (χ4n) is 7.83. The van der Waals surface area contributed by atoms with Crippen molar-refractivity contribution in [2.45, 2.75) is 63.7 Å². The molecule has 3 amide bonds. The first-order chi connectivity index (χ1) is 24.8. The van der Waals surface area contributed by atoms with Crippen LogP contribution < -0.4 is 10.6 Å². The number of para-hydroxylation sites is 1. The molecule has 51 heavy (non-hydrogen) atoms. The van der Waals surface area contributed by atoms with Crippen molar-refractivity contribution in [1.29, 1.82) is 0 Å². The van der Waals surface area contributed by atoms with E-state index in [2.05, 4.69) is 43.7 Å². The lowest BCUT2D eigenvalue weighted by molar-refractivity contribution is -0.146. The Morgan fingerprint density at radius 1 is 0.922 bits per heavy atom. The van der Waals surface area contributed by atoms with Crippen molar-refractivity contribution in [3.05, 3.63) is 103 Å². The minimum Gasteiger partial charge on any atom is -0.483 e. The van der Waals surface area contributed by atoms with Crippen LogP contribution in [0, 0.1) is 11.8 Å². The van der Waals surface area contributed by atoms with E-state index in [0.717, 1.165) is 60.5 Å². The van der Waals surface area contributed by atoms with Crippen molar-refractivity contribution in [1.82, 2.24) is 35.2 Å². The third-order valence-electron chi connectivity index (χ3n) is 10.1. The fraction of sp³-hybridized carbons (Fsp3) is 0.385. The van der Waals surface area contributed by atoms with Crippen molar-refractivity contribution in [3.63, 3.8) is 0 Å². The maximum atomic E-state index is 14.5. The molecule has 2 aromatic heterocycles. The highest BCUT2D eigenvalue weighted by Gasteiger charge is 2.44. The molecule has 3 aliphatic rings. The summed E-state index contributed by atoms with van der Waals surface area (Å²) in [5.74, 6) is 0.0742. The molecule has 2 bridgehead atoms. The summed E-state index contributed by atoms with van der Waals surface area (Å²) in [6.45, 7) is 4.52. The van der Waals surface area contributed by atoms with E-state index in [4.69, 9.17) is 15.0 Å². The molecule has 3 fully saturated rings. The lowest BCUT2D eigenvalue weighted by atomic mass is 9.77. The topological polar surface area (TPSA) is 150 Å². The fourth-order valence-corrected chi connectivity index (χ4v) is 7.83. The maximum Gasteiger partial charge on any atom is 0.290 e. The molecule has 3 aliphatic heterocycles. The van der Waals surface area contributed by atoms with Gasteiger partial charge in [-0.25, -0.2) is 4.68 Å². The van der Waals surface area contributed by atoms with E-state index in [9.17, 15) is 14.4 Å². The molecule has 266 valence electrons. The Kier molecular flexibility index (Phi) is 11.5. The smallest absolute Gasteiger partial charge is 0.290 e. The summed E-state index contributed by atoms with van der Waals surface area (Å²) in [6, 6.07) is 22.6. The second-order valence-corrected chi connectivity index (χ2v) is 13.7. The largest absolute Gasteiger partial charge is 0.483 e. The monoisotopic (exact) mass is 691 g/mol. The van der Waals surface area contributed by atoms with Gasteiger partial charge in [0.2, 0.25) is 17.7 Å². The maximum absolute atomic E-state index is 14.5. The average Bonchev–Trinajstić information content (AvgIpc) is 3.56. The van der Waals surface area contributed by atoms with Gasteiger partial charge in [-0.2, -0.15) is 5.10 Å². The highest BCUT2D eigenvalue weighted by molar-refractivity contribution is 5.92.